The highest BCUT2D eigenvalue weighted by molar-refractivity contribution is 5.96. The normalized spacial score (nSPS) is 14.8. The molecule has 2 rings (SSSR count). The van der Waals surface area contributed by atoms with Gasteiger partial charge in [0.15, 0.2) is 11.5 Å². The van der Waals surface area contributed by atoms with Gasteiger partial charge < -0.3 is 24.4 Å². The molecule has 1 fully saturated rings. The van der Waals surface area contributed by atoms with Crippen molar-refractivity contribution in [2.45, 2.75) is 26.7 Å². The summed E-state index contributed by atoms with van der Waals surface area (Å²) in [5, 5.41) is 2.98. The maximum Gasteiger partial charge on any atom is 0.254 e. The molecule has 0 radical (unpaired) electrons. The summed E-state index contributed by atoms with van der Waals surface area (Å²) in [6.07, 6.45) is 1.33. The minimum Gasteiger partial charge on any atom is -0.493 e. The lowest BCUT2D eigenvalue weighted by Crippen LogP contribution is -2.43. The van der Waals surface area contributed by atoms with Gasteiger partial charge >= 0.3 is 0 Å². The predicted octanol–water partition coefficient (Wildman–Crippen LogP) is 2.34. The molecule has 0 unspecified atom stereocenters. The molecular formula is C20H30N2O5. The second-order valence-corrected chi connectivity index (χ2v) is 7.12. The van der Waals surface area contributed by atoms with E-state index in [1.807, 2.05) is 0 Å². The molecule has 2 amide bonds. The zero-order chi connectivity index (χ0) is 20.0. The van der Waals surface area contributed by atoms with Gasteiger partial charge in [0.2, 0.25) is 11.7 Å². The Kier molecular flexibility index (Phi) is 7.33. The summed E-state index contributed by atoms with van der Waals surface area (Å²) in [7, 11) is 4.57. The van der Waals surface area contributed by atoms with Crippen molar-refractivity contribution in [2.24, 2.45) is 11.8 Å². The third-order valence-corrected chi connectivity index (χ3v) is 4.75. The molecular weight excluding hydrogens is 348 g/mol. The van der Waals surface area contributed by atoms with E-state index in [-0.39, 0.29) is 17.7 Å². The Morgan fingerprint density at radius 1 is 1.07 bits per heavy atom. The molecule has 1 N–H and O–H groups in total. The lowest BCUT2D eigenvalue weighted by atomic mass is 9.95. The van der Waals surface area contributed by atoms with Crippen molar-refractivity contribution in [1.29, 1.82) is 0 Å². The monoisotopic (exact) mass is 378 g/mol. The molecule has 0 bridgehead atoms. The van der Waals surface area contributed by atoms with Gasteiger partial charge in [-0.1, -0.05) is 13.8 Å². The number of nitrogens with one attached hydrogen (secondary N) is 1. The van der Waals surface area contributed by atoms with Gasteiger partial charge in [-0.05, 0) is 30.9 Å². The van der Waals surface area contributed by atoms with Crippen LogP contribution in [0, 0.1) is 11.8 Å². The summed E-state index contributed by atoms with van der Waals surface area (Å²) in [6.45, 7) is 5.92. The summed E-state index contributed by atoms with van der Waals surface area (Å²) in [5.74, 6) is 1.73. The van der Waals surface area contributed by atoms with Gasteiger partial charge in [0.25, 0.3) is 5.91 Å². The Labute approximate surface area is 161 Å². The standard InChI is InChI=1S/C20H30N2O5/c1-13(2)12-21-19(23)14-6-8-22(9-7-14)20(24)15-10-16(25-3)18(27-5)17(11-15)26-4/h10-11,13-14H,6-9,12H2,1-5H3,(H,21,23). The Hall–Kier alpha value is -2.44. The molecule has 27 heavy (non-hydrogen) atoms. The lowest BCUT2D eigenvalue weighted by molar-refractivity contribution is -0.126. The van der Waals surface area contributed by atoms with Crippen LogP contribution < -0.4 is 19.5 Å². The van der Waals surface area contributed by atoms with Gasteiger partial charge in [-0.15, -0.1) is 0 Å². The van der Waals surface area contributed by atoms with Crippen molar-refractivity contribution >= 4 is 11.8 Å². The highest BCUT2D eigenvalue weighted by Crippen LogP contribution is 2.38. The number of benzene rings is 1. The van der Waals surface area contributed by atoms with Crippen LogP contribution in [-0.4, -0.2) is 57.7 Å². The third kappa shape index (κ3) is 5.05. The van der Waals surface area contributed by atoms with E-state index >= 15 is 0 Å². The molecule has 0 aromatic heterocycles. The van der Waals surface area contributed by atoms with Crippen LogP contribution in [0.15, 0.2) is 12.1 Å². The smallest absolute Gasteiger partial charge is 0.254 e. The first-order valence-electron chi connectivity index (χ1n) is 9.28. The first-order valence-corrected chi connectivity index (χ1v) is 9.28. The maximum atomic E-state index is 12.9. The largest absolute Gasteiger partial charge is 0.493 e. The number of amides is 2. The molecule has 0 saturated carbocycles. The van der Waals surface area contributed by atoms with E-state index in [0.29, 0.717) is 61.2 Å². The van der Waals surface area contributed by atoms with Crippen molar-refractivity contribution in [3.05, 3.63) is 17.7 Å². The van der Waals surface area contributed by atoms with Gasteiger partial charge in [-0.3, -0.25) is 9.59 Å². The van der Waals surface area contributed by atoms with Crippen LogP contribution in [0.5, 0.6) is 17.2 Å². The molecule has 1 aliphatic heterocycles. The average molecular weight is 378 g/mol. The number of methoxy groups -OCH3 is 3. The third-order valence-electron chi connectivity index (χ3n) is 4.75. The summed E-state index contributed by atoms with van der Waals surface area (Å²) in [6, 6.07) is 3.32. The number of likely N-dealkylation sites (tertiary alicyclic amines) is 1. The highest BCUT2D eigenvalue weighted by atomic mass is 16.5. The SMILES string of the molecule is COc1cc(C(=O)N2CCC(C(=O)NCC(C)C)CC2)cc(OC)c1OC. The molecule has 1 saturated heterocycles. The number of nitrogens with zero attached hydrogens (tertiary/aromatic N) is 1. The first kappa shape index (κ1) is 20.9. The zero-order valence-corrected chi connectivity index (χ0v) is 16.8. The van der Waals surface area contributed by atoms with Gasteiger partial charge in [0, 0.05) is 31.1 Å². The van der Waals surface area contributed by atoms with Crippen LogP contribution in [0.3, 0.4) is 0 Å². The van der Waals surface area contributed by atoms with Crippen LogP contribution in [0.1, 0.15) is 37.0 Å². The average Bonchev–Trinajstić information content (AvgIpc) is 2.70. The molecule has 1 aliphatic rings. The molecule has 7 nitrogen and oxygen atoms in total. The number of carbonyl (C=O) groups is 2. The Bertz CT molecular complexity index is 641. The second-order valence-electron chi connectivity index (χ2n) is 7.12. The number of rotatable bonds is 7. The number of hydrogen-bond acceptors (Lipinski definition) is 5. The molecule has 150 valence electrons. The van der Waals surface area contributed by atoms with Crippen LogP contribution >= 0.6 is 0 Å². The van der Waals surface area contributed by atoms with Gasteiger partial charge in [0.1, 0.15) is 0 Å². The number of ether oxygens (including phenoxy) is 3. The fraction of sp³-hybridized carbons (Fsp3) is 0.600. The van der Waals surface area contributed by atoms with E-state index in [9.17, 15) is 9.59 Å². The molecule has 0 spiro atoms. The van der Waals surface area contributed by atoms with Crippen molar-refractivity contribution in [3.8, 4) is 17.2 Å². The van der Waals surface area contributed by atoms with Crippen LogP contribution in [0.2, 0.25) is 0 Å². The van der Waals surface area contributed by atoms with Crippen molar-refractivity contribution in [3.63, 3.8) is 0 Å². The topological polar surface area (TPSA) is 77.1 Å². The predicted molar refractivity (Wildman–Crippen MR) is 103 cm³/mol. The fourth-order valence-corrected chi connectivity index (χ4v) is 3.18. The Morgan fingerprint density at radius 2 is 1.63 bits per heavy atom. The van der Waals surface area contributed by atoms with Crippen molar-refractivity contribution in [1.82, 2.24) is 10.2 Å². The van der Waals surface area contributed by atoms with Gasteiger partial charge in [-0.2, -0.15) is 0 Å². The van der Waals surface area contributed by atoms with E-state index in [1.54, 1.807) is 17.0 Å². The fourth-order valence-electron chi connectivity index (χ4n) is 3.18. The first-order chi connectivity index (χ1) is 12.9. The molecule has 0 aliphatic carbocycles. The van der Waals surface area contributed by atoms with Gasteiger partial charge in [0.05, 0.1) is 21.3 Å². The van der Waals surface area contributed by atoms with Crippen LogP contribution in [-0.2, 0) is 4.79 Å². The Morgan fingerprint density at radius 3 is 2.07 bits per heavy atom. The lowest BCUT2D eigenvalue weighted by Gasteiger charge is -2.31. The van der Waals surface area contributed by atoms with E-state index in [1.165, 1.54) is 21.3 Å². The summed E-state index contributed by atoms with van der Waals surface area (Å²) >= 11 is 0. The molecule has 1 aromatic rings. The molecule has 1 aromatic carbocycles. The summed E-state index contributed by atoms with van der Waals surface area (Å²) in [5.41, 5.74) is 0.479. The van der Waals surface area contributed by atoms with Crippen molar-refractivity contribution in [2.75, 3.05) is 41.0 Å². The second kappa shape index (κ2) is 9.48. The summed E-state index contributed by atoms with van der Waals surface area (Å²) in [4.78, 5) is 26.9. The van der Waals surface area contributed by atoms with E-state index in [0.717, 1.165) is 0 Å². The minimum absolute atomic E-state index is 0.0345. The van der Waals surface area contributed by atoms with Crippen molar-refractivity contribution < 1.29 is 23.8 Å². The van der Waals surface area contributed by atoms with E-state index in [4.69, 9.17) is 14.2 Å². The van der Waals surface area contributed by atoms with Crippen LogP contribution in [0.4, 0.5) is 0 Å². The number of hydrogen-bond donors (Lipinski definition) is 1. The molecule has 1 heterocycles. The van der Waals surface area contributed by atoms with E-state index < -0.39 is 0 Å². The van der Waals surface area contributed by atoms with E-state index in [2.05, 4.69) is 19.2 Å². The highest BCUT2D eigenvalue weighted by Gasteiger charge is 2.28. The summed E-state index contributed by atoms with van der Waals surface area (Å²) < 4.78 is 15.9. The van der Waals surface area contributed by atoms with Gasteiger partial charge in [-0.25, -0.2) is 0 Å². The number of piperidine rings is 1. The van der Waals surface area contributed by atoms with Crippen LogP contribution in [0.25, 0.3) is 0 Å². The molecule has 7 heteroatoms. The molecule has 0 atom stereocenters. The minimum atomic E-state index is -0.102. The number of carbonyl (C=O) groups excluding carboxylic acids is 2. The Balaban J connectivity index is 2.04. The zero-order valence-electron chi connectivity index (χ0n) is 16.8. The quantitative estimate of drug-likeness (QED) is 0.788. The maximum absolute atomic E-state index is 12.9.